The maximum Gasteiger partial charge on any atom is 0.341 e. The van der Waals surface area contributed by atoms with Gasteiger partial charge in [0, 0.05) is 57.9 Å². The Balaban J connectivity index is 1.76. The standard InChI is InChI=1S/C25H36N4O5S/c1-7-34-25(31)22-17(2)28(6)18(3)23(22)35(32,33)29-14-8-9-20(16-29)24(30)26-15-19-10-12-21(13-11-19)27(4)5/h10-13,20H,7-9,14-16H2,1-6H3,(H,26,30)/t20-/m1/s1. The third-order valence-electron chi connectivity index (χ3n) is 6.68. The lowest BCUT2D eigenvalue weighted by molar-refractivity contribution is -0.126. The second kappa shape index (κ2) is 10.8. The predicted molar refractivity (Wildman–Crippen MR) is 135 cm³/mol. The maximum absolute atomic E-state index is 13.7. The summed E-state index contributed by atoms with van der Waals surface area (Å²) in [5, 5.41) is 2.95. The van der Waals surface area contributed by atoms with E-state index in [-0.39, 0.29) is 29.5 Å². The molecule has 0 unspecified atom stereocenters. The van der Waals surface area contributed by atoms with Crippen LogP contribution in [0.5, 0.6) is 0 Å². The van der Waals surface area contributed by atoms with Crippen molar-refractivity contribution in [3.63, 3.8) is 0 Å². The Kier molecular flexibility index (Phi) is 8.27. The van der Waals surface area contributed by atoms with Crippen LogP contribution in [0.15, 0.2) is 29.2 Å². The topological polar surface area (TPSA) is 101 Å². The Bertz CT molecular complexity index is 1190. The van der Waals surface area contributed by atoms with Crippen molar-refractivity contribution in [2.75, 3.05) is 38.7 Å². The van der Waals surface area contributed by atoms with Gasteiger partial charge in [-0.15, -0.1) is 0 Å². The average molecular weight is 505 g/mol. The van der Waals surface area contributed by atoms with Gasteiger partial charge in [-0.3, -0.25) is 4.79 Å². The molecule has 3 rings (SSSR count). The number of nitrogens with zero attached hydrogens (tertiary/aromatic N) is 3. The van der Waals surface area contributed by atoms with E-state index in [9.17, 15) is 18.0 Å². The molecule has 1 saturated heterocycles. The first kappa shape index (κ1) is 26.7. The Morgan fingerprint density at radius 1 is 1.14 bits per heavy atom. The normalized spacial score (nSPS) is 16.7. The molecule has 1 aliphatic heterocycles. The first-order valence-electron chi connectivity index (χ1n) is 11.9. The first-order chi connectivity index (χ1) is 16.5. The lowest BCUT2D eigenvalue weighted by Crippen LogP contribution is -2.45. The summed E-state index contributed by atoms with van der Waals surface area (Å²) in [6, 6.07) is 7.90. The van der Waals surface area contributed by atoms with Gasteiger partial charge in [0.1, 0.15) is 10.5 Å². The van der Waals surface area contributed by atoms with Gasteiger partial charge in [-0.05, 0) is 51.3 Å². The monoisotopic (exact) mass is 504 g/mol. The summed E-state index contributed by atoms with van der Waals surface area (Å²) in [5.41, 5.74) is 3.12. The number of hydrogen-bond donors (Lipinski definition) is 1. The van der Waals surface area contributed by atoms with Crippen LogP contribution >= 0.6 is 0 Å². The van der Waals surface area contributed by atoms with Crippen molar-refractivity contribution in [3.8, 4) is 0 Å². The van der Waals surface area contributed by atoms with Crippen molar-refractivity contribution < 1.29 is 22.7 Å². The molecule has 1 N–H and O–H groups in total. The number of esters is 1. The molecule has 35 heavy (non-hydrogen) atoms. The van der Waals surface area contributed by atoms with Crippen LogP contribution in [-0.2, 0) is 33.1 Å². The highest BCUT2D eigenvalue weighted by atomic mass is 32.2. The highest BCUT2D eigenvalue weighted by Gasteiger charge is 2.38. The lowest BCUT2D eigenvalue weighted by atomic mass is 9.98. The minimum absolute atomic E-state index is 0.0296. The van der Waals surface area contributed by atoms with Crippen LogP contribution in [0.2, 0.25) is 0 Å². The second-order valence-corrected chi connectivity index (χ2v) is 11.0. The highest BCUT2D eigenvalue weighted by molar-refractivity contribution is 7.89. The molecule has 0 spiro atoms. The quantitative estimate of drug-likeness (QED) is 0.555. The summed E-state index contributed by atoms with van der Waals surface area (Å²) in [6.45, 7) is 5.96. The second-order valence-electron chi connectivity index (χ2n) is 9.14. The number of carbonyl (C=O) groups excluding carboxylic acids is 2. The largest absolute Gasteiger partial charge is 0.462 e. The van der Waals surface area contributed by atoms with E-state index < -0.39 is 21.9 Å². The molecule has 0 aliphatic carbocycles. The molecule has 192 valence electrons. The molecule has 1 aromatic heterocycles. The zero-order valence-corrected chi connectivity index (χ0v) is 22.2. The number of piperidine rings is 1. The number of hydrogen-bond acceptors (Lipinski definition) is 6. The average Bonchev–Trinajstić information content (AvgIpc) is 3.07. The fraction of sp³-hybridized carbons (Fsp3) is 0.520. The van der Waals surface area contributed by atoms with Gasteiger partial charge in [-0.1, -0.05) is 12.1 Å². The van der Waals surface area contributed by atoms with Crippen LogP contribution in [0.4, 0.5) is 5.69 Å². The maximum atomic E-state index is 13.7. The number of sulfonamides is 1. The Morgan fingerprint density at radius 3 is 2.40 bits per heavy atom. The smallest absolute Gasteiger partial charge is 0.341 e. The van der Waals surface area contributed by atoms with E-state index in [1.54, 1.807) is 32.4 Å². The fourth-order valence-electron chi connectivity index (χ4n) is 4.43. The van der Waals surface area contributed by atoms with Crippen molar-refractivity contribution >= 4 is 27.6 Å². The van der Waals surface area contributed by atoms with Crippen LogP contribution in [-0.4, -0.2) is 63.0 Å². The number of rotatable bonds is 8. The fourth-order valence-corrected chi connectivity index (χ4v) is 6.43. The van der Waals surface area contributed by atoms with E-state index in [1.807, 2.05) is 43.3 Å². The molecule has 1 fully saturated rings. The van der Waals surface area contributed by atoms with Crippen LogP contribution in [0.25, 0.3) is 0 Å². The summed E-state index contributed by atoms with van der Waals surface area (Å²) in [6.07, 6.45) is 1.17. The van der Waals surface area contributed by atoms with E-state index in [1.165, 1.54) is 4.31 Å². The molecule has 1 atom stereocenters. The third-order valence-corrected chi connectivity index (χ3v) is 8.70. The predicted octanol–water partition coefficient (Wildman–Crippen LogP) is 2.60. The summed E-state index contributed by atoms with van der Waals surface area (Å²) in [5.74, 6) is -1.29. The van der Waals surface area contributed by atoms with Crippen LogP contribution in [0, 0.1) is 19.8 Å². The Morgan fingerprint density at radius 2 is 1.80 bits per heavy atom. The van der Waals surface area contributed by atoms with Gasteiger partial charge in [0.15, 0.2) is 0 Å². The summed E-state index contributed by atoms with van der Waals surface area (Å²) >= 11 is 0. The molecular weight excluding hydrogens is 468 g/mol. The van der Waals surface area contributed by atoms with E-state index in [0.717, 1.165) is 11.3 Å². The number of ether oxygens (including phenoxy) is 1. The summed E-state index contributed by atoms with van der Waals surface area (Å²) in [4.78, 5) is 27.5. The van der Waals surface area contributed by atoms with E-state index in [0.29, 0.717) is 37.3 Å². The number of aromatic nitrogens is 1. The van der Waals surface area contributed by atoms with Crippen molar-refractivity contribution in [2.45, 2.75) is 45.1 Å². The van der Waals surface area contributed by atoms with E-state index in [2.05, 4.69) is 5.32 Å². The van der Waals surface area contributed by atoms with E-state index in [4.69, 9.17) is 4.74 Å². The number of nitrogens with one attached hydrogen (secondary N) is 1. The number of amides is 1. The van der Waals surface area contributed by atoms with Gasteiger partial charge in [0.2, 0.25) is 15.9 Å². The molecule has 1 amide bonds. The van der Waals surface area contributed by atoms with Gasteiger partial charge in [0.05, 0.1) is 12.5 Å². The van der Waals surface area contributed by atoms with Crippen molar-refractivity contribution in [3.05, 3.63) is 46.8 Å². The van der Waals surface area contributed by atoms with Gasteiger partial charge >= 0.3 is 5.97 Å². The molecule has 9 nitrogen and oxygen atoms in total. The molecular formula is C25H36N4O5S. The zero-order valence-electron chi connectivity index (χ0n) is 21.4. The van der Waals surface area contributed by atoms with Gasteiger partial charge < -0.3 is 19.5 Å². The molecule has 0 saturated carbocycles. The zero-order chi connectivity index (χ0) is 25.9. The minimum atomic E-state index is -4.01. The molecule has 0 radical (unpaired) electrons. The molecule has 1 aromatic carbocycles. The summed E-state index contributed by atoms with van der Waals surface area (Å²) < 4.78 is 35.6. The number of carbonyl (C=O) groups is 2. The van der Waals surface area contributed by atoms with Gasteiger partial charge in [-0.2, -0.15) is 4.31 Å². The Labute approximate surface area is 208 Å². The van der Waals surface area contributed by atoms with Crippen molar-refractivity contribution in [1.82, 2.24) is 14.2 Å². The van der Waals surface area contributed by atoms with E-state index >= 15 is 0 Å². The van der Waals surface area contributed by atoms with Gasteiger partial charge in [0.25, 0.3) is 0 Å². The minimum Gasteiger partial charge on any atom is -0.462 e. The molecule has 1 aliphatic rings. The van der Waals surface area contributed by atoms with Gasteiger partial charge in [-0.25, -0.2) is 13.2 Å². The molecule has 0 bridgehead atoms. The van der Waals surface area contributed by atoms with Crippen molar-refractivity contribution in [2.24, 2.45) is 13.0 Å². The number of anilines is 1. The SMILES string of the molecule is CCOC(=O)c1c(S(=O)(=O)N2CCC[C@@H](C(=O)NCc3ccc(N(C)C)cc3)C2)c(C)n(C)c1C. The Hall–Kier alpha value is -2.85. The number of benzene rings is 1. The molecule has 2 heterocycles. The molecule has 2 aromatic rings. The van der Waals surface area contributed by atoms with Crippen molar-refractivity contribution in [1.29, 1.82) is 0 Å². The van der Waals surface area contributed by atoms with Crippen LogP contribution in [0.1, 0.15) is 47.1 Å². The first-order valence-corrected chi connectivity index (χ1v) is 13.3. The third kappa shape index (κ3) is 5.54. The lowest BCUT2D eigenvalue weighted by Gasteiger charge is -2.31. The highest BCUT2D eigenvalue weighted by Crippen LogP contribution is 2.32. The van der Waals surface area contributed by atoms with Crippen LogP contribution < -0.4 is 10.2 Å². The molecule has 10 heteroatoms. The van der Waals surface area contributed by atoms with Crippen LogP contribution in [0.3, 0.4) is 0 Å². The summed E-state index contributed by atoms with van der Waals surface area (Å²) in [7, 11) is 1.65.